The van der Waals surface area contributed by atoms with Gasteiger partial charge in [0.25, 0.3) is 0 Å². The van der Waals surface area contributed by atoms with E-state index in [0.717, 1.165) is 31.9 Å². The van der Waals surface area contributed by atoms with Crippen LogP contribution >= 0.6 is 21.6 Å². The lowest BCUT2D eigenvalue weighted by molar-refractivity contribution is -0.146. The average Bonchev–Trinajstić information content (AvgIpc) is 2.00. The molecule has 498 valence electrons. The number of primary amides is 1. The van der Waals surface area contributed by atoms with Gasteiger partial charge in [0.2, 0.25) is 59.1 Å². The molecule has 1 fully saturated rings. The summed E-state index contributed by atoms with van der Waals surface area (Å²) >= 11 is 0. The largest absolute Gasteiger partial charge is 0.481 e. The number of carboxylic acid groups (broad SMARTS) is 1. The molecule has 0 saturated carbocycles. The average molecular weight is 1310 g/mol. The van der Waals surface area contributed by atoms with Gasteiger partial charge in [-0.3, -0.25) is 72.7 Å². The Morgan fingerprint density at radius 1 is 0.736 bits per heavy atom. The zero-order chi connectivity index (χ0) is 66.9. The molecule has 4 heterocycles. The van der Waals surface area contributed by atoms with Gasteiger partial charge in [0.1, 0.15) is 42.3 Å². The fourth-order valence-electron chi connectivity index (χ4n) is 10.3. The second-order valence-electron chi connectivity index (χ2n) is 22.3. The third-order valence-electron chi connectivity index (χ3n) is 15.3. The fraction of sp³-hybridized carbons (Fsp3) is 0.561. The van der Waals surface area contributed by atoms with E-state index in [1.807, 2.05) is 6.07 Å². The highest BCUT2D eigenvalue weighted by Gasteiger charge is 2.42. The van der Waals surface area contributed by atoms with Crippen LogP contribution in [0.25, 0.3) is 10.9 Å². The number of carbonyl (C=O) groups excluding carboxylic acids is 12. The first-order valence-corrected chi connectivity index (χ1v) is 32.2. The number of H-pyrrole nitrogens is 1. The summed E-state index contributed by atoms with van der Waals surface area (Å²) in [5.41, 5.74) is 29.4. The first-order valence-electron chi connectivity index (χ1n) is 29.7. The Kier molecular flexibility index (Phi) is 29.1. The van der Waals surface area contributed by atoms with Gasteiger partial charge in [0, 0.05) is 55.1 Å². The molecule has 10 amide bonds. The molecule has 11 atom stereocenters. The third-order valence-corrected chi connectivity index (χ3v) is 17.8. The second kappa shape index (κ2) is 36.3. The van der Waals surface area contributed by atoms with Crippen LogP contribution in [0.2, 0.25) is 0 Å². The fourth-order valence-corrected chi connectivity index (χ4v) is 12.8. The number of guanidine groups is 1. The third kappa shape index (κ3) is 23.3. The number of amides is 10. The molecule has 34 heteroatoms. The van der Waals surface area contributed by atoms with Gasteiger partial charge in [-0.05, 0) is 82.2 Å². The number of aromatic amines is 1. The second-order valence-corrected chi connectivity index (χ2v) is 24.9. The first kappa shape index (κ1) is 73.1. The smallest absolute Gasteiger partial charge is 0.305 e. The molecule has 2 aromatic rings. The summed E-state index contributed by atoms with van der Waals surface area (Å²) in [5.74, 6) is -16.4. The Labute approximate surface area is 531 Å². The van der Waals surface area contributed by atoms with E-state index in [2.05, 4.69) is 52.5 Å². The van der Waals surface area contributed by atoms with Gasteiger partial charge in [-0.1, -0.05) is 58.4 Å². The number of aliphatic hydroxyl groups is 1. The van der Waals surface area contributed by atoms with Gasteiger partial charge in [0.15, 0.2) is 17.5 Å². The number of aliphatic imine (C=N–C) groups is 1. The van der Waals surface area contributed by atoms with E-state index in [-0.39, 0.29) is 101 Å². The van der Waals surface area contributed by atoms with E-state index in [0.29, 0.717) is 17.6 Å². The standard InChI is InChI=1S/C57H83N17O15S2/c1-29-43(76)22-31(21-33-20-30-10-2-3-11-34(30)66-33)49(82)68-37(14-6-7-17-45(59)60)53(86)73-41(48(61)81)28-91-90-27-32-23-44(77)35(67-46(78)25-58)12-4-5-13-36(51(84)65-29)69-52(85)38(15-8-18-64-57(62)63)70-55(88)42-16-9-19-74(42)56(89)39(24-47(79)80)71-54(87)40(26-75)72-50(32)83/h2-5,10-11,20,29,31-32,35-42,66,75H,6-9,12-19,21-28,58H2,1H3,(H3,59,60)(H2,61,81)(H,65,84)(H,67,78)(H,68,82)(H,69,85)(H,70,88)(H,71,87)(H,72,83)(H,73,86)(H,79,80)(H4,62,63,64)/b5-4+/t29-,31+,32-,35-,36-,37-,38-,39-,40-,41-,42?/m0/s1. The molecular weight excluding hydrogens is 1230 g/mol. The minimum atomic E-state index is -1.90. The molecule has 1 aromatic heterocycles. The molecule has 1 unspecified atom stereocenters. The quantitative estimate of drug-likeness (QED) is 0.0236. The van der Waals surface area contributed by atoms with Crippen molar-refractivity contribution in [3.05, 3.63) is 48.2 Å². The molecule has 1 aromatic carbocycles. The molecule has 5 rings (SSSR count). The number of Topliss-reactive ketones (excluding diaryl/α,β-unsaturated/α-hetero) is 2. The van der Waals surface area contributed by atoms with E-state index < -0.39 is 175 Å². The number of fused-ring (bicyclic) bond motifs is 9. The lowest BCUT2D eigenvalue weighted by Crippen LogP contribution is -2.59. The van der Waals surface area contributed by atoms with E-state index >= 15 is 0 Å². The van der Waals surface area contributed by atoms with Gasteiger partial charge < -0.3 is 91.3 Å². The summed E-state index contributed by atoms with van der Waals surface area (Å²) in [6.45, 7) is -0.557. The maximum absolute atomic E-state index is 14.7. The highest BCUT2D eigenvalue weighted by atomic mass is 33.1. The number of nitrogens with zero attached hydrogens (tertiary/aromatic N) is 2. The number of rotatable bonds is 17. The van der Waals surface area contributed by atoms with Crippen molar-refractivity contribution < 1.29 is 72.5 Å². The number of carboxylic acids is 1. The van der Waals surface area contributed by atoms with Crippen molar-refractivity contribution in [2.24, 2.45) is 45.5 Å². The maximum atomic E-state index is 14.7. The lowest BCUT2D eigenvalue weighted by Gasteiger charge is -2.30. The molecule has 91 heavy (non-hydrogen) atoms. The number of carbonyl (C=O) groups is 13. The van der Waals surface area contributed by atoms with Gasteiger partial charge >= 0.3 is 5.97 Å². The summed E-state index contributed by atoms with van der Waals surface area (Å²) in [5, 5.41) is 49.3. The monoisotopic (exact) mass is 1310 g/mol. The van der Waals surface area contributed by atoms with Crippen LogP contribution < -0.4 is 71.2 Å². The van der Waals surface area contributed by atoms with Gasteiger partial charge in [-0.25, -0.2) is 0 Å². The molecule has 0 spiro atoms. The molecule has 0 aliphatic carbocycles. The van der Waals surface area contributed by atoms with Crippen molar-refractivity contribution in [1.29, 1.82) is 5.41 Å². The number of aromatic nitrogens is 1. The number of aliphatic carboxylic acids is 1. The van der Waals surface area contributed by atoms with Gasteiger partial charge in [0.05, 0.1) is 49.3 Å². The molecule has 22 N–H and O–H groups in total. The Balaban J connectivity index is 1.66. The zero-order valence-corrected chi connectivity index (χ0v) is 52.0. The van der Waals surface area contributed by atoms with Crippen LogP contribution in [0.4, 0.5) is 0 Å². The highest BCUT2D eigenvalue weighted by Crippen LogP contribution is 2.28. The first-order chi connectivity index (χ1) is 43.3. The van der Waals surface area contributed by atoms with Crippen LogP contribution in [0.3, 0.4) is 0 Å². The Morgan fingerprint density at radius 2 is 1.38 bits per heavy atom. The number of hydrogen-bond donors (Lipinski definition) is 17. The van der Waals surface area contributed by atoms with E-state index in [1.54, 1.807) is 24.3 Å². The van der Waals surface area contributed by atoms with Crippen LogP contribution in [0.1, 0.15) is 96.1 Å². The van der Waals surface area contributed by atoms with Crippen LogP contribution in [-0.4, -0.2) is 201 Å². The van der Waals surface area contributed by atoms with Crippen molar-refractivity contribution in [1.82, 2.24) is 52.4 Å². The van der Waals surface area contributed by atoms with E-state index in [1.165, 1.54) is 19.1 Å². The van der Waals surface area contributed by atoms with Crippen LogP contribution in [0, 0.1) is 17.2 Å². The number of para-hydroxylation sites is 1. The summed E-state index contributed by atoms with van der Waals surface area (Å²) in [6.07, 6.45) is 0.389. The Morgan fingerprint density at radius 3 is 2.05 bits per heavy atom. The zero-order valence-electron chi connectivity index (χ0n) is 50.3. The summed E-state index contributed by atoms with van der Waals surface area (Å²) in [4.78, 5) is 191. The summed E-state index contributed by atoms with van der Waals surface area (Å²) in [6, 6.07) is -4.89. The Hall–Kier alpha value is -8.63. The van der Waals surface area contributed by atoms with Crippen molar-refractivity contribution in [2.45, 2.75) is 151 Å². The Bertz CT molecular complexity index is 3040. The molecular formula is C57H83N17O15S2. The number of nitrogens with two attached hydrogens (primary N) is 5. The minimum absolute atomic E-state index is 0.00124. The summed E-state index contributed by atoms with van der Waals surface area (Å²) in [7, 11) is 1.81. The number of nitrogens with one attached hydrogen (secondary N) is 10. The lowest BCUT2D eigenvalue weighted by atomic mass is 9.92. The normalized spacial score (nSPS) is 26.5. The van der Waals surface area contributed by atoms with Crippen LogP contribution in [-0.2, 0) is 68.7 Å². The number of benzene rings is 1. The molecule has 32 nitrogen and oxygen atoms in total. The molecule has 1 saturated heterocycles. The number of hydrogen-bond acceptors (Lipinski definition) is 19. The SMILES string of the molecule is C[C@@H]1NC(=O)[C@@H]2C/C=C/C[C@H](NC(=O)CN)C(=O)C[C@@H](CSSC[C@@H](C(N)=O)NC(=O)[C@H](CCCCC(=N)N)NC(=O)[C@H](Cc3cc4ccccc4[nH]3)CC1=O)C(=O)N[C@@H](CO)C(=O)N[C@@H](CC(=O)O)C(=O)N1CCCC1C(=O)N[C@@H](CCCN=C(N)N)C(=O)N2. The number of aliphatic hydroxyl groups excluding tert-OH is 1. The molecule has 0 radical (unpaired) electrons. The minimum Gasteiger partial charge on any atom is -0.481 e. The van der Waals surface area contributed by atoms with Crippen molar-refractivity contribution >= 4 is 121 Å². The molecule has 3 aliphatic rings. The van der Waals surface area contributed by atoms with E-state index in [9.17, 15) is 72.5 Å². The topological polar surface area (TPSA) is 544 Å². The predicted molar refractivity (Wildman–Crippen MR) is 335 cm³/mol. The highest BCUT2D eigenvalue weighted by molar-refractivity contribution is 8.76. The van der Waals surface area contributed by atoms with E-state index in [4.69, 9.17) is 34.1 Å². The number of unbranched alkanes of at least 4 members (excludes halogenated alkanes) is 1. The maximum Gasteiger partial charge on any atom is 0.305 e. The van der Waals surface area contributed by atoms with Crippen LogP contribution in [0.5, 0.6) is 0 Å². The molecule has 2 bridgehead atoms. The summed E-state index contributed by atoms with van der Waals surface area (Å²) < 4.78 is 0. The van der Waals surface area contributed by atoms with Crippen molar-refractivity contribution in [3.8, 4) is 0 Å². The van der Waals surface area contributed by atoms with Crippen molar-refractivity contribution in [2.75, 3.05) is 37.7 Å². The van der Waals surface area contributed by atoms with Gasteiger partial charge in [-0.15, -0.1) is 0 Å². The predicted octanol–water partition coefficient (Wildman–Crippen LogP) is -4.04. The van der Waals surface area contributed by atoms with Crippen LogP contribution in [0.15, 0.2) is 47.5 Å². The van der Waals surface area contributed by atoms with Gasteiger partial charge in [-0.2, -0.15) is 0 Å². The number of amidine groups is 1. The van der Waals surface area contributed by atoms with Crippen molar-refractivity contribution in [3.63, 3.8) is 0 Å². The molecule has 3 aliphatic heterocycles. The number of ketones is 2.